The van der Waals surface area contributed by atoms with Crippen LogP contribution in [0.3, 0.4) is 0 Å². The summed E-state index contributed by atoms with van der Waals surface area (Å²) in [6.45, 7) is 3.33. The van der Waals surface area contributed by atoms with Gasteiger partial charge in [-0.1, -0.05) is 12.1 Å². The predicted molar refractivity (Wildman–Crippen MR) is 155 cm³/mol. The van der Waals surface area contributed by atoms with Gasteiger partial charge in [0.05, 0.1) is 50.9 Å². The monoisotopic (exact) mass is 541 g/mol. The number of hydrogen-bond donors (Lipinski definition) is 3. The minimum atomic E-state index is -1.00. The zero-order valence-corrected chi connectivity index (χ0v) is 22.7. The summed E-state index contributed by atoms with van der Waals surface area (Å²) < 4.78 is 5.80. The number of methoxy groups -OCH3 is 1. The van der Waals surface area contributed by atoms with Crippen LogP contribution in [0.15, 0.2) is 66.2 Å². The third-order valence-corrected chi connectivity index (χ3v) is 7.23. The number of likely N-dealkylation sites (N-methyl/N-ethyl adjacent to an activating group) is 1. The van der Waals surface area contributed by atoms with E-state index in [4.69, 9.17) is 10.5 Å². The molecule has 0 unspecified atom stereocenters. The number of amides is 2. The molecule has 0 saturated heterocycles. The number of nitrogens with zero attached hydrogens (tertiary/aromatic N) is 2. The molecule has 5 rings (SSSR count). The molecule has 0 aliphatic carbocycles. The number of nitrogens with two attached hydrogens (primary N) is 1. The van der Waals surface area contributed by atoms with E-state index in [2.05, 4.69) is 15.6 Å². The second kappa shape index (κ2) is 9.97. The van der Waals surface area contributed by atoms with E-state index in [1.54, 1.807) is 44.6 Å². The molecule has 0 spiro atoms. The summed E-state index contributed by atoms with van der Waals surface area (Å²) in [5.41, 5.74) is 12.4. The number of anilines is 3. The Kier molecular flexibility index (Phi) is 6.67. The molecule has 0 saturated carbocycles. The number of benzene rings is 3. The molecule has 3 aromatic carbocycles. The lowest BCUT2D eigenvalue weighted by atomic mass is 9.98. The lowest BCUT2D eigenvalue weighted by molar-refractivity contribution is -0.122. The number of fused-ring (bicyclic) bond motifs is 2. The Labute approximate surface area is 229 Å². The fourth-order valence-corrected chi connectivity index (χ4v) is 5.13. The molecular formula is C29H27N5O4S. The highest BCUT2D eigenvalue weighted by atomic mass is 32.1. The van der Waals surface area contributed by atoms with Crippen LogP contribution in [0, 0.1) is 0 Å². The summed E-state index contributed by atoms with van der Waals surface area (Å²) in [4.78, 5) is 43.9. The Bertz CT molecular complexity index is 1650. The van der Waals surface area contributed by atoms with Gasteiger partial charge in [0.2, 0.25) is 5.91 Å². The van der Waals surface area contributed by atoms with Gasteiger partial charge in [-0.25, -0.2) is 9.78 Å². The van der Waals surface area contributed by atoms with Crippen molar-refractivity contribution in [2.24, 2.45) is 5.73 Å². The van der Waals surface area contributed by atoms with E-state index in [1.807, 2.05) is 42.5 Å². The number of nitrogens with one attached hydrogen (secondary N) is 2. The van der Waals surface area contributed by atoms with Crippen molar-refractivity contribution in [2.45, 2.75) is 19.4 Å². The van der Waals surface area contributed by atoms with Gasteiger partial charge in [0.1, 0.15) is 0 Å². The van der Waals surface area contributed by atoms with E-state index in [1.165, 1.54) is 23.3 Å². The van der Waals surface area contributed by atoms with Gasteiger partial charge in [-0.3, -0.25) is 9.59 Å². The Morgan fingerprint density at radius 1 is 1.05 bits per heavy atom. The van der Waals surface area contributed by atoms with Crippen LogP contribution >= 0.6 is 11.3 Å². The third kappa shape index (κ3) is 4.99. The molecule has 4 aromatic rings. The van der Waals surface area contributed by atoms with Gasteiger partial charge >= 0.3 is 5.97 Å². The fraction of sp³-hybridized carbons (Fsp3) is 0.172. The van der Waals surface area contributed by atoms with Gasteiger partial charge in [-0.05, 0) is 62.4 Å². The van der Waals surface area contributed by atoms with Crippen molar-refractivity contribution in [1.82, 2.24) is 4.98 Å². The van der Waals surface area contributed by atoms with Crippen LogP contribution in [-0.4, -0.2) is 42.5 Å². The lowest BCUT2D eigenvalue weighted by Crippen LogP contribution is -2.49. The fourth-order valence-electron chi connectivity index (χ4n) is 4.42. The molecule has 0 radical (unpaired) electrons. The quantitative estimate of drug-likeness (QED) is 0.238. The van der Waals surface area contributed by atoms with Crippen LogP contribution in [-0.2, 0) is 14.3 Å². The standard InChI is InChI=1S/C29H27N5O4S/c1-29(2,30)28(37)34(3)19-9-7-18(8-10-19)32-25(16-6-12-21-23(14-16)39-15-31-21)24-20-11-5-17(27(36)38-4)13-22(20)33-26(24)35/h5-15,32H,30H2,1-4H3,(H,33,35)/b25-24-. The number of carbonyl (C=O) groups is 3. The van der Waals surface area contributed by atoms with Gasteiger partial charge in [0, 0.05) is 29.5 Å². The first-order valence-corrected chi connectivity index (χ1v) is 13.0. The molecular weight excluding hydrogens is 514 g/mol. The first kappa shape index (κ1) is 26.1. The number of rotatable bonds is 6. The average Bonchev–Trinajstić information content (AvgIpc) is 3.52. The summed E-state index contributed by atoms with van der Waals surface area (Å²) >= 11 is 1.51. The van der Waals surface area contributed by atoms with Gasteiger partial charge in [-0.15, -0.1) is 11.3 Å². The summed E-state index contributed by atoms with van der Waals surface area (Å²) in [6.07, 6.45) is 0. The highest BCUT2D eigenvalue weighted by Gasteiger charge is 2.30. The number of ether oxygens (including phenoxy) is 1. The maximum atomic E-state index is 13.3. The SMILES string of the molecule is COC(=O)c1ccc2c(c1)NC(=O)/C2=C(\Nc1ccc(N(C)C(=O)C(C)(C)N)cc1)c1ccc2ncsc2c1. The van der Waals surface area contributed by atoms with Crippen molar-refractivity contribution in [3.05, 3.63) is 82.9 Å². The Balaban J connectivity index is 1.58. The van der Waals surface area contributed by atoms with Crippen LogP contribution in [0.4, 0.5) is 17.1 Å². The molecule has 0 fully saturated rings. The number of hydrogen-bond acceptors (Lipinski definition) is 8. The maximum Gasteiger partial charge on any atom is 0.337 e. The van der Waals surface area contributed by atoms with E-state index in [9.17, 15) is 14.4 Å². The second-order valence-electron chi connectivity index (χ2n) is 9.75. The highest BCUT2D eigenvalue weighted by Crippen LogP contribution is 2.39. The smallest absolute Gasteiger partial charge is 0.337 e. The van der Waals surface area contributed by atoms with Crippen LogP contribution < -0.4 is 21.3 Å². The molecule has 1 aliphatic rings. The molecule has 2 heterocycles. The zero-order chi connectivity index (χ0) is 27.9. The van der Waals surface area contributed by atoms with Gasteiger partial charge < -0.3 is 26.0 Å². The first-order chi connectivity index (χ1) is 18.6. The summed E-state index contributed by atoms with van der Waals surface area (Å²) in [7, 11) is 2.99. The molecule has 39 heavy (non-hydrogen) atoms. The average molecular weight is 542 g/mol. The van der Waals surface area contributed by atoms with E-state index < -0.39 is 11.5 Å². The molecule has 0 bridgehead atoms. The summed E-state index contributed by atoms with van der Waals surface area (Å²) in [5.74, 6) is -1.000. The van der Waals surface area contributed by atoms with Crippen LogP contribution in [0.1, 0.15) is 35.3 Å². The Hall–Kier alpha value is -4.54. The number of esters is 1. The molecule has 2 amide bonds. The van der Waals surface area contributed by atoms with E-state index in [0.29, 0.717) is 39.5 Å². The van der Waals surface area contributed by atoms with Crippen LogP contribution in [0.5, 0.6) is 0 Å². The second-order valence-corrected chi connectivity index (χ2v) is 10.6. The summed E-state index contributed by atoms with van der Waals surface area (Å²) in [5, 5.41) is 6.30. The number of thiazole rings is 1. The van der Waals surface area contributed by atoms with E-state index in [-0.39, 0.29) is 11.8 Å². The Morgan fingerprint density at radius 2 is 1.77 bits per heavy atom. The molecule has 1 aromatic heterocycles. The van der Waals surface area contributed by atoms with E-state index >= 15 is 0 Å². The predicted octanol–water partition coefficient (Wildman–Crippen LogP) is 4.72. The topological polar surface area (TPSA) is 127 Å². The van der Waals surface area contributed by atoms with E-state index in [0.717, 1.165) is 15.8 Å². The molecule has 10 heteroatoms. The molecule has 4 N–H and O–H groups in total. The van der Waals surface area contributed by atoms with Crippen LogP contribution in [0.2, 0.25) is 0 Å². The zero-order valence-electron chi connectivity index (χ0n) is 21.9. The van der Waals surface area contributed by atoms with Crippen LogP contribution in [0.25, 0.3) is 21.5 Å². The molecule has 9 nitrogen and oxygen atoms in total. The maximum absolute atomic E-state index is 13.3. The molecule has 0 atom stereocenters. The summed E-state index contributed by atoms with van der Waals surface area (Å²) in [6, 6.07) is 18.1. The van der Waals surface area contributed by atoms with Crippen molar-refractivity contribution >= 4 is 67.7 Å². The number of carbonyl (C=O) groups excluding carboxylic acids is 3. The highest BCUT2D eigenvalue weighted by molar-refractivity contribution is 7.16. The van der Waals surface area contributed by atoms with Gasteiger partial charge in [0.25, 0.3) is 5.91 Å². The Morgan fingerprint density at radius 3 is 2.46 bits per heavy atom. The van der Waals surface area contributed by atoms with Crippen molar-refractivity contribution in [2.75, 3.05) is 29.7 Å². The molecule has 1 aliphatic heterocycles. The van der Waals surface area contributed by atoms with Crippen molar-refractivity contribution in [3.8, 4) is 0 Å². The van der Waals surface area contributed by atoms with Crippen molar-refractivity contribution in [3.63, 3.8) is 0 Å². The normalized spacial score (nSPS) is 14.0. The molecule has 198 valence electrons. The number of aromatic nitrogens is 1. The third-order valence-electron chi connectivity index (χ3n) is 6.43. The minimum absolute atomic E-state index is 0.213. The van der Waals surface area contributed by atoms with Crippen molar-refractivity contribution < 1.29 is 19.1 Å². The van der Waals surface area contributed by atoms with Crippen molar-refractivity contribution in [1.29, 1.82) is 0 Å². The van der Waals surface area contributed by atoms with Gasteiger partial charge in [-0.2, -0.15) is 0 Å². The van der Waals surface area contributed by atoms with Gasteiger partial charge in [0.15, 0.2) is 0 Å². The minimum Gasteiger partial charge on any atom is -0.465 e. The lowest BCUT2D eigenvalue weighted by Gasteiger charge is -2.26. The first-order valence-electron chi connectivity index (χ1n) is 12.1. The largest absolute Gasteiger partial charge is 0.465 e.